The first kappa shape index (κ1) is 14.1. The molecule has 0 radical (unpaired) electrons. The standard InChI is InChI=1S/C16H23NO2/c1-12(2)17-10-14(18)11-19-16-9-5-7-13-6-3-4-8-15(13)16/h3-5,7,9,12,14,17-18H,6,8,10-11H2,1-2H3. The second kappa shape index (κ2) is 6.73. The number of rotatable bonds is 6. The zero-order valence-corrected chi connectivity index (χ0v) is 11.7. The molecule has 1 unspecified atom stereocenters. The molecule has 0 aromatic heterocycles. The van der Waals surface area contributed by atoms with E-state index in [1.165, 1.54) is 11.1 Å². The van der Waals surface area contributed by atoms with Crippen molar-refractivity contribution in [3.8, 4) is 5.75 Å². The maximum atomic E-state index is 9.86. The minimum Gasteiger partial charge on any atom is -0.491 e. The third kappa shape index (κ3) is 4.08. The first-order valence-corrected chi connectivity index (χ1v) is 6.97. The molecular weight excluding hydrogens is 238 g/mol. The number of hydrogen-bond acceptors (Lipinski definition) is 3. The van der Waals surface area contributed by atoms with Gasteiger partial charge in [0.1, 0.15) is 18.5 Å². The van der Waals surface area contributed by atoms with Crippen molar-refractivity contribution in [3.05, 3.63) is 41.5 Å². The lowest BCUT2D eigenvalue weighted by Crippen LogP contribution is -2.35. The second-order valence-electron chi connectivity index (χ2n) is 5.30. The number of aliphatic hydroxyl groups excluding tert-OH is 1. The lowest BCUT2D eigenvalue weighted by atomic mass is 9.96. The van der Waals surface area contributed by atoms with Crippen LogP contribution in [0.4, 0.5) is 0 Å². The fraction of sp³-hybridized carbons (Fsp3) is 0.500. The fourth-order valence-corrected chi connectivity index (χ4v) is 2.20. The summed E-state index contributed by atoms with van der Waals surface area (Å²) < 4.78 is 5.77. The van der Waals surface area contributed by atoms with Crippen molar-refractivity contribution in [2.75, 3.05) is 13.2 Å². The maximum absolute atomic E-state index is 9.86. The summed E-state index contributed by atoms with van der Waals surface area (Å²) in [5.41, 5.74) is 2.59. The van der Waals surface area contributed by atoms with Crippen molar-refractivity contribution < 1.29 is 9.84 Å². The molecule has 1 aliphatic rings. The van der Waals surface area contributed by atoms with Gasteiger partial charge in [0.2, 0.25) is 0 Å². The van der Waals surface area contributed by atoms with Gasteiger partial charge in [-0.25, -0.2) is 0 Å². The lowest BCUT2D eigenvalue weighted by Gasteiger charge is -2.19. The molecule has 1 aliphatic carbocycles. The van der Waals surface area contributed by atoms with Crippen molar-refractivity contribution in [1.29, 1.82) is 0 Å². The fourth-order valence-electron chi connectivity index (χ4n) is 2.20. The van der Waals surface area contributed by atoms with Gasteiger partial charge in [0.15, 0.2) is 0 Å². The smallest absolute Gasteiger partial charge is 0.123 e. The Morgan fingerprint density at radius 1 is 1.26 bits per heavy atom. The van der Waals surface area contributed by atoms with Gasteiger partial charge < -0.3 is 15.2 Å². The summed E-state index contributed by atoms with van der Waals surface area (Å²) in [4.78, 5) is 0. The van der Waals surface area contributed by atoms with E-state index in [2.05, 4.69) is 37.4 Å². The molecule has 0 spiro atoms. The molecule has 1 atom stereocenters. The van der Waals surface area contributed by atoms with Gasteiger partial charge in [-0.3, -0.25) is 0 Å². The molecule has 0 amide bonds. The van der Waals surface area contributed by atoms with Crippen LogP contribution in [0.3, 0.4) is 0 Å². The topological polar surface area (TPSA) is 41.5 Å². The van der Waals surface area contributed by atoms with Crippen molar-refractivity contribution in [1.82, 2.24) is 5.32 Å². The van der Waals surface area contributed by atoms with Gasteiger partial charge in [-0.15, -0.1) is 0 Å². The van der Waals surface area contributed by atoms with Gasteiger partial charge >= 0.3 is 0 Å². The summed E-state index contributed by atoms with van der Waals surface area (Å²) >= 11 is 0. The highest BCUT2D eigenvalue weighted by molar-refractivity contribution is 5.44. The largest absolute Gasteiger partial charge is 0.491 e. The van der Waals surface area contributed by atoms with Crippen molar-refractivity contribution in [2.45, 2.75) is 38.8 Å². The number of fused-ring (bicyclic) bond motifs is 1. The number of benzene rings is 1. The highest BCUT2D eigenvalue weighted by Crippen LogP contribution is 2.26. The van der Waals surface area contributed by atoms with E-state index >= 15 is 0 Å². The summed E-state index contributed by atoms with van der Waals surface area (Å²) in [6.45, 7) is 5.02. The van der Waals surface area contributed by atoms with Crippen LogP contribution in [0, 0.1) is 0 Å². The van der Waals surface area contributed by atoms with E-state index in [9.17, 15) is 5.11 Å². The average molecular weight is 261 g/mol. The second-order valence-corrected chi connectivity index (χ2v) is 5.30. The number of nitrogens with one attached hydrogen (secondary N) is 1. The SMILES string of the molecule is CC(C)NCC(O)COc1cccc2c1CC=CC2. The molecule has 104 valence electrons. The summed E-state index contributed by atoms with van der Waals surface area (Å²) in [6, 6.07) is 6.53. The van der Waals surface area contributed by atoms with Crippen molar-refractivity contribution in [3.63, 3.8) is 0 Å². The van der Waals surface area contributed by atoms with E-state index in [0.29, 0.717) is 19.2 Å². The van der Waals surface area contributed by atoms with Crippen LogP contribution in [0.5, 0.6) is 5.75 Å². The van der Waals surface area contributed by atoms with Gasteiger partial charge in [-0.1, -0.05) is 38.1 Å². The van der Waals surface area contributed by atoms with Crippen LogP contribution in [0.1, 0.15) is 25.0 Å². The molecule has 2 N–H and O–H groups in total. The first-order chi connectivity index (χ1) is 9.16. The Morgan fingerprint density at radius 2 is 2.05 bits per heavy atom. The molecule has 0 saturated carbocycles. The minimum atomic E-state index is -0.475. The Labute approximate surface area is 115 Å². The molecule has 1 aromatic rings. The highest BCUT2D eigenvalue weighted by atomic mass is 16.5. The zero-order valence-electron chi connectivity index (χ0n) is 11.7. The summed E-state index contributed by atoms with van der Waals surface area (Å²) in [6.07, 6.45) is 5.78. The molecule has 19 heavy (non-hydrogen) atoms. The third-order valence-corrected chi connectivity index (χ3v) is 3.25. The summed E-state index contributed by atoms with van der Waals surface area (Å²) in [7, 11) is 0. The number of allylic oxidation sites excluding steroid dienone is 2. The van der Waals surface area contributed by atoms with Gasteiger partial charge in [0.05, 0.1) is 0 Å². The van der Waals surface area contributed by atoms with Crippen molar-refractivity contribution in [2.24, 2.45) is 0 Å². The Kier molecular flexibility index (Phi) is 5.00. The normalized spacial score (nSPS) is 15.4. The quantitative estimate of drug-likeness (QED) is 0.770. The van der Waals surface area contributed by atoms with E-state index in [4.69, 9.17) is 4.74 Å². The monoisotopic (exact) mass is 261 g/mol. The van der Waals surface area contributed by atoms with Gasteiger partial charge in [0, 0.05) is 18.2 Å². The molecule has 3 nitrogen and oxygen atoms in total. The van der Waals surface area contributed by atoms with E-state index in [1.54, 1.807) is 0 Å². The van der Waals surface area contributed by atoms with Crippen LogP contribution < -0.4 is 10.1 Å². The molecule has 0 bridgehead atoms. The van der Waals surface area contributed by atoms with E-state index in [-0.39, 0.29) is 0 Å². The molecule has 1 aromatic carbocycles. The summed E-state index contributed by atoms with van der Waals surface area (Å²) in [5.74, 6) is 0.908. The predicted molar refractivity (Wildman–Crippen MR) is 77.6 cm³/mol. The number of hydrogen-bond donors (Lipinski definition) is 2. The van der Waals surface area contributed by atoms with Gasteiger partial charge in [0.25, 0.3) is 0 Å². The van der Waals surface area contributed by atoms with Crippen LogP contribution in [-0.4, -0.2) is 30.4 Å². The lowest BCUT2D eigenvalue weighted by molar-refractivity contribution is 0.104. The van der Waals surface area contributed by atoms with E-state index in [0.717, 1.165) is 18.6 Å². The van der Waals surface area contributed by atoms with Crippen LogP contribution in [0.2, 0.25) is 0 Å². The highest BCUT2D eigenvalue weighted by Gasteiger charge is 2.12. The summed E-state index contributed by atoms with van der Waals surface area (Å²) in [5, 5.41) is 13.1. The Hall–Kier alpha value is -1.32. The third-order valence-electron chi connectivity index (χ3n) is 3.25. The van der Waals surface area contributed by atoms with Crippen LogP contribution in [0.25, 0.3) is 0 Å². The van der Waals surface area contributed by atoms with Crippen LogP contribution in [-0.2, 0) is 12.8 Å². The molecular formula is C16H23NO2. The zero-order chi connectivity index (χ0) is 13.7. The molecule has 3 heteroatoms. The maximum Gasteiger partial charge on any atom is 0.123 e. The van der Waals surface area contributed by atoms with Crippen molar-refractivity contribution >= 4 is 0 Å². The van der Waals surface area contributed by atoms with Gasteiger partial charge in [-0.2, -0.15) is 0 Å². The molecule has 0 aliphatic heterocycles. The Bertz CT molecular complexity index is 440. The van der Waals surface area contributed by atoms with E-state index in [1.807, 2.05) is 12.1 Å². The predicted octanol–water partition coefficient (Wildman–Crippen LogP) is 2.08. The Morgan fingerprint density at radius 3 is 2.84 bits per heavy atom. The van der Waals surface area contributed by atoms with Crippen LogP contribution in [0.15, 0.2) is 30.4 Å². The average Bonchev–Trinajstić information content (AvgIpc) is 2.42. The Balaban J connectivity index is 1.90. The van der Waals surface area contributed by atoms with Gasteiger partial charge in [-0.05, 0) is 24.5 Å². The molecule has 0 heterocycles. The molecule has 0 saturated heterocycles. The number of ether oxygens (including phenoxy) is 1. The van der Waals surface area contributed by atoms with Crippen LogP contribution >= 0.6 is 0 Å². The molecule has 0 fully saturated rings. The molecule has 2 rings (SSSR count). The van der Waals surface area contributed by atoms with E-state index < -0.39 is 6.10 Å². The minimum absolute atomic E-state index is 0.333. The first-order valence-electron chi connectivity index (χ1n) is 6.97. The number of aliphatic hydroxyl groups is 1.